The number of benzene rings is 1. The van der Waals surface area contributed by atoms with Gasteiger partial charge in [-0.1, -0.05) is 18.2 Å². The summed E-state index contributed by atoms with van der Waals surface area (Å²) in [7, 11) is 1.46. The fraction of sp³-hybridized carbons (Fsp3) is 0.538. The highest BCUT2D eigenvalue weighted by atomic mass is 19.4. The van der Waals surface area contributed by atoms with E-state index in [0.717, 1.165) is 0 Å². The summed E-state index contributed by atoms with van der Waals surface area (Å²) >= 11 is 0. The highest BCUT2D eigenvalue weighted by Gasteiger charge is 2.31. The SMILES string of the molecule is COc1ccccc1C(C)(O)CCCC(F)(F)F. The quantitative estimate of drug-likeness (QED) is 0.878. The van der Waals surface area contributed by atoms with Crippen LogP contribution in [0.3, 0.4) is 0 Å². The van der Waals surface area contributed by atoms with Crippen LogP contribution < -0.4 is 4.74 Å². The fourth-order valence-corrected chi connectivity index (χ4v) is 1.86. The van der Waals surface area contributed by atoms with Gasteiger partial charge < -0.3 is 9.84 Å². The Labute approximate surface area is 104 Å². The number of aliphatic hydroxyl groups is 1. The van der Waals surface area contributed by atoms with Crippen molar-refractivity contribution < 1.29 is 23.0 Å². The molecule has 0 radical (unpaired) electrons. The number of alkyl halides is 3. The van der Waals surface area contributed by atoms with Gasteiger partial charge in [-0.2, -0.15) is 13.2 Å². The van der Waals surface area contributed by atoms with Gasteiger partial charge in [0.15, 0.2) is 0 Å². The molecule has 0 saturated carbocycles. The van der Waals surface area contributed by atoms with Crippen molar-refractivity contribution in [1.82, 2.24) is 0 Å². The van der Waals surface area contributed by atoms with Crippen LogP contribution in [-0.2, 0) is 5.60 Å². The van der Waals surface area contributed by atoms with Gasteiger partial charge in [0.05, 0.1) is 12.7 Å². The van der Waals surface area contributed by atoms with E-state index in [2.05, 4.69) is 0 Å². The smallest absolute Gasteiger partial charge is 0.389 e. The van der Waals surface area contributed by atoms with Crippen molar-refractivity contribution in [1.29, 1.82) is 0 Å². The van der Waals surface area contributed by atoms with Crippen LogP contribution in [-0.4, -0.2) is 18.4 Å². The molecule has 0 spiro atoms. The molecule has 1 rings (SSSR count). The minimum atomic E-state index is -4.18. The van der Waals surface area contributed by atoms with Gasteiger partial charge in [0.25, 0.3) is 0 Å². The number of ether oxygens (including phenoxy) is 1. The molecule has 1 aromatic rings. The Bertz CT molecular complexity index is 386. The molecular formula is C13H17F3O2. The molecule has 0 saturated heterocycles. The van der Waals surface area contributed by atoms with Crippen molar-refractivity contribution in [3.63, 3.8) is 0 Å². The third-order valence-corrected chi connectivity index (χ3v) is 2.81. The number of methoxy groups -OCH3 is 1. The Hall–Kier alpha value is -1.23. The third kappa shape index (κ3) is 4.22. The van der Waals surface area contributed by atoms with Crippen LogP contribution in [0.15, 0.2) is 24.3 Å². The van der Waals surface area contributed by atoms with E-state index >= 15 is 0 Å². The van der Waals surface area contributed by atoms with Crippen molar-refractivity contribution in [3.05, 3.63) is 29.8 Å². The summed E-state index contributed by atoms with van der Waals surface area (Å²) in [6, 6.07) is 6.80. The van der Waals surface area contributed by atoms with Gasteiger partial charge in [-0.25, -0.2) is 0 Å². The topological polar surface area (TPSA) is 29.5 Å². The lowest BCUT2D eigenvalue weighted by atomic mass is 9.89. The molecule has 0 amide bonds. The van der Waals surface area contributed by atoms with Gasteiger partial charge in [-0.15, -0.1) is 0 Å². The van der Waals surface area contributed by atoms with Gasteiger partial charge >= 0.3 is 6.18 Å². The number of hydrogen-bond donors (Lipinski definition) is 1. The molecule has 2 nitrogen and oxygen atoms in total. The van der Waals surface area contributed by atoms with Crippen molar-refractivity contribution >= 4 is 0 Å². The average molecular weight is 262 g/mol. The maximum atomic E-state index is 12.1. The van der Waals surface area contributed by atoms with Crippen LogP contribution in [0.2, 0.25) is 0 Å². The predicted molar refractivity (Wildman–Crippen MR) is 62.5 cm³/mol. The Morgan fingerprint density at radius 3 is 2.33 bits per heavy atom. The zero-order valence-electron chi connectivity index (χ0n) is 10.4. The summed E-state index contributed by atoms with van der Waals surface area (Å²) in [6.45, 7) is 1.50. The molecule has 0 aliphatic heterocycles. The number of para-hydroxylation sites is 1. The van der Waals surface area contributed by atoms with E-state index in [1.54, 1.807) is 24.3 Å². The molecule has 102 valence electrons. The maximum Gasteiger partial charge on any atom is 0.389 e. The van der Waals surface area contributed by atoms with Crippen LogP contribution in [0.5, 0.6) is 5.75 Å². The summed E-state index contributed by atoms with van der Waals surface area (Å²) in [5.74, 6) is 0.481. The Kier molecular flexibility index (Phi) is 4.62. The molecule has 1 aromatic carbocycles. The number of halogens is 3. The zero-order valence-corrected chi connectivity index (χ0v) is 10.4. The second-order valence-corrected chi connectivity index (χ2v) is 4.44. The lowest BCUT2D eigenvalue weighted by Gasteiger charge is -2.26. The minimum absolute atomic E-state index is 0.0346. The molecule has 5 heteroatoms. The molecule has 0 aromatic heterocycles. The molecular weight excluding hydrogens is 245 g/mol. The monoisotopic (exact) mass is 262 g/mol. The molecule has 0 aliphatic rings. The number of hydrogen-bond acceptors (Lipinski definition) is 2. The first-order chi connectivity index (χ1) is 8.26. The summed E-state index contributed by atoms with van der Waals surface area (Å²) < 4.78 is 41.3. The largest absolute Gasteiger partial charge is 0.496 e. The Balaban J connectivity index is 2.73. The van der Waals surface area contributed by atoms with Crippen molar-refractivity contribution in [2.24, 2.45) is 0 Å². The molecule has 0 fully saturated rings. The van der Waals surface area contributed by atoms with Crippen LogP contribution in [0.25, 0.3) is 0 Å². The predicted octanol–water partition coefficient (Wildman–Crippen LogP) is 3.64. The van der Waals surface area contributed by atoms with Gasteiger partial charge in [-0.05, 0) is 25.8 Å². The Morgan fingerprint density at radius 2 is 1.78 bits per heavy atom. The van der Waals surface area contributed by atoms with Gasteiger partial charge in [0, 0.05) is 12.0 Å². The third-order valence-electron chi connectivity index (χ3n) is 2.81. The van der Waals surface area contributed by atoms with E-state index in [-0.39, 0.29) is 12.8 Å². The summed E-state index contributed by atoms with van der Waals surface area (Å²) in [4.78, 5) is 0. The zero-order chi connectivity index (χ0) is 13.8. The average Bonchev–Trinajstić information content (AvgIpc) is 2.27. The standard InChI is InChI=1S/C13H17F3O2/c1-12(17,8-5-9-13(14,15)16)10-6-3-4-7-11(10)18-2/h3-4,6-7,17H,5,8-9H2,1-2H3. The van der Waals surface area contributed by atoms with Crippen LogP contribution in [0.1, 0.15) is 31.7 Å². The first kappa shape index (κ1) is 14.8. The summed E-state index contributed by atoms with van der Waals surface area (Å²) in [6.07, 6.45) is -5.16. The van der Waals surface area contributed by atoms with E-state index in [1.807, 2.05) is 0 Å². The molecule has 0 aliphatic carbocycles. The van der Waals surface area contributed by atoms with E-state index in [4.69, 9.17) is 4.74 Å². The number of rotatable bonds is 5. The van der Waals surface area contributed by atoms with Crippen molar-refractivity contribution in [3.8, 4) is 5.75 Å². The molecule has 0 bridgehead atoms. The van der Waals surface area contributed by atoms with Crippen LogP contribution >= 0.6 is 0 Å². The van der Waals surface area contributed by atoms with Gasteiger partial charge in [0.2, 0.25) is 0 Å². The second-order valence-electron chi connectivity index (χ2n) is 4.44. The first-order valence-electron chi connectivity index (χ1n) is 5.69. The molecule has 1 unspecified atom stereocenters. The highest BCUT2D eigenvalue weighted by molar-refractivity contribution is 5.37. The normalized spacial score (nSPS) is 15.2. The van der Waals surface area contributed by atoms with Crippen molar-refractivity contribution in [2.75, 3.05) is 7.11 Å². The van der Waals surface area contributed by atoms with E-state index in [0.29, 0.717) is 11.3 Å². The summed E-state index contributed by atoms with van der Waals surface area (Å²) in [5.41, 5.74) is -0.813. The van der Waals surface area contributed by atoms with E-state index in [1.165, 1.54) is 14.0 Å². The first-order valence-corrected chi connectivity index (χ1v) is 5.69. The second kappa shape index (κ2) is 5.61. The Morgan fingerprint density at radius 1 is 1.17 bits per heavy atom. The summed E-state index contributed by atoms with van der Waals surface area (Å²) in [5, 5.41) is 10.2. The molecule has 18 heavy (non-hydrogen) atoms. The minimum Gasteiger partial charge on any atom is -0.496 e. The van der Waals surface area contributed by atoms with E-state index in [9.17, 15) is 18.3 Å². The molecule has 1 atom stereocenters. The van der Waals surface area contributed by atoms with Crippen molar-refractivity contribution in [2.45, 2.75) is 38.0 Å². The maximum absolute atomic E-state index is 12.1. The van der Waals surface area contributed by atoms with Gasteiger partial charge in [-0.3, -0.25) is 0 Å². The van der Waals surface area contributed by atoms with Crippen LogP contribution in [0, 0.1) is 0 Å². The van der Waals surface area contributed by atoms with E-state index < -0.39 is 18.2 Å². The van der Waals surface area contributed by atoms with Gasteiger partial charge in [0.1, 0.15) is 5.75 Å². The fourth-order valence-electron chi connectivity index (χ4n) is 1.86. The molecule has 1 N–H and O–H groups in total. The highest BCUT2D eigenvalue weighted by Crippen LogP contribution is 2.34. The lowest BCUT2D eigenvalue weighted by Crippen LogP contribution is -2.22. The lowest BCUT2D eigenvalue weighted by molar-refractivity contribution is -0.137. The molecule has 0 heterocycles. The van der Waals surface area contributed by atoms with Crippen LogP contribution in [0.4, 0.5) is 13.2 Å².